The van der Waals surface area contributed by atoms with Crippen LogP contribution in [0.4, 0.5) is 19.1 Å². The van der Waals surface area contributed by atoms with Crippen LogP contribution in [0.3, 0.4) is 0 Å². The number of nitrogens with one attached hydrogen (secondary N) is 1. The number of pyridine rings is 1. The predicted molar refractivity (Wildman–Crippen MR) is 85.1 cm³/mol. The Bertz CT molecular complexity index is 936. The van der Waals surface area contributed by atoms with Crippen LogP contribution in [0, 0.1) is 0 Å². The lowest BCUT2D eigenvalue weighted by molar-refractivity contribution is -0.138. The molecule has 2 N–H and O–H groups in total. The molecule has 0 saturated carbocycles. The van der Waals surface area contributed by atoms with Gasteiger partial charge in [-0.3, -0.25) is 14.9 Å². The Morgan fingerprint density at radius 2 is 1.96 bits per heavy atom. The number of amides is 1. The second-order valence-electron chi connectivity index (χ2n) is 6.14. The molecular formula is C16H15F3N4O3. The summed E-state index contributed by atoms with van der Waals surface area (Å²) in [6.45, 7) is 1.87. The molecule has 1 aliphatic rings. The van der Waals surface area contributed by atoms with E-state index in [0.29, 0.717) is 30.1 Å². The minimum atomic E-state index is -4.60. The first-order valence-electron chi connectivity index (χ1n) is 7.76. The van der Waals surface area contributed by atoms with Crippen LogP contribution in [-0.2, 0) is 19.6 Å². The number of carbonyl (C=O) groups excluding carboxylic acids is 1. The highest BCUT2D eigenvalue weighted by molar-refractivity contribution is 6.05. The third kappa shape index (κ3) is 2.91. The average molecular weight is 368 g/mol. The van der Waals surface area contributed by atoms with Crippen molar-refractivity contribution in [3.8, 4) is 5.75 Å². The Hall–Kier alpha value is -2.91. The number of hydrogen-bond acceptors (Lipinski definition) is 5. The third-order valence-electron chi connectivity index (χ3n) is 4.46. The number of rotatable bonds is 2. The SMILES string of the molecule is C[C@@H]1CCc2c1c(O)c(C(=O)Nc1ncc(C(F)(F)F)cn1)c(=O)n2C. The molecule has 0 spiro atoms. The maximum absolute atomic E-state index is 12.5. The third-order valence-corrected chi connectivity index (χ3v) is 4.46. The average Bonchev–Trinajstić information content (AvgIpc) is 2.95. The van der Waals surface area contributed by atoms with E-state index in [4.69, 9.17) is 0 Å². The van der Waals surface area contributed by atoms with Crippen molar-refractivity contribution in [3.63, 3.8) is 0 Å². The summed E-state index contributed by atoms with van der Waals surface area (Å²) in [5.74, 6) is -1.81. The molecule has 0 radical (unpaired) electrons. The van der Waals surface area contributed by atoms with Crippen molar-refractivity contribution in [2.75, 3.05) is 5.32 Å². The Morgan fingerprint density at radius 3 is 2.54 bits per heavy atom. The van der Waals surface area contributed by atoms with Crippen LogP contribution in [0.2, 0.25) is 0 Å². The lowest BCUT2D eigenvalue weighted by Crippen LogP contribution is -2.30. The quantitative estimate of drug-likeness (QED) is 0.847. The van der Waals surface area contributed by atoms with Gasteiger partial charge in [-0.1, -0.05) is 6.92 Å². The van der Waals surface area contributed by atoms with Crippen molar-refractivity contribution in [2.24, 2.45) is 7.05 Å². The normalized spacial score (nSPS) is 16.4. The van der Waals surface area contributed by atoms with E-state index in [2.05, 4.69) is 15.3 Å². The summed E-state index contributed by atoms with van der Waals surface area (Å²) >= 11 is 0. The highest BCUT2D eigenvalue weighted by Crippen LogP contribution is 2.39. The fraction of sp³-hybridized carbons (Fsp3) is 0.375. The number of anilines is 1. The summed E-state index contributed by atoms with van der Waals surface area (Å²) in [6, 6.07) is 0. The molecule has 0 aliphatic heterocycles. The molecule has 0 saturated heterocycles. The Morgan fingerprint density at radius 1 is 1.35 bits per heavy atom. The fourth-order valence-electron chi connectivity index (χ4n) is 3.07. The zero-order valence-electron chi connectivity index (χ0n) is 13.9. The number of nitrogens with zero attached hydrogens (tertiary/aromatic N) is 3. The van der Waals surface area contributed by atoms with Gasteiger partial charge < -0.3 is 9.67 Å². The molecule has 7 nitrogen and oxygen atoms in total. The van der Waals surface area contributed by atoms with Crippen LogP contribution in [0.25, 0.3) is 0 Å². The van der Waals surface area contributed by atoms with Crippen LogP contribution < -0.4 is 10.9 Å². The molecule has 138 valence electrons. The van der Waals surface area contributed by atoms with Gasteiger partial charge in [-0.2, -0.15) is 13.2 Å². The summed E-state index contributed by atoms with van der Waals surface area (Å²) in [6.07, 6.45) is -2.22. The predicted octanol–water partition coefficient (Wildman–Crippen LogP) is 2.20. The van der Waals surface area contributed by atoms with Crippen LogP contribution in [0.5, 0.6) is 5.75 Å². The summed E-state index contributed by atoms with van der Waals surface area (Å²) in [4.78, 5) is 31.7. The fourth-order valence-corrected chi connectivity index (χ4v) is 3.07. The molecule has 10 heteroatoms. The van der Waals surface area contributed by atoms with Crippen LogP contribution >= 0.6 is 0 Å². The number of aromatic nitrogens is 3. The molecule has 2 aromatic heterocycles. The number of fused-ring (bicyclic) bond motifs is 1. The van der Waals surface area contributed by atoms with Crippen molar-refractivity contribution < 1.29 is 23.1 Å². The molecule has 1 aliphatic carbocycles. The minimum Gasteiger partial charge on any atom is -0.507 e. The molecule has 2 heterocycles. The molecule has 3 rings (SSSR count). The maximum Gasteiger partial charge on any atom is 0.419 e. The topological polar surface area (TPSA) is 97.1 Å². The molecular weight excluding hydrogens is 353 g/mol. The smallest absolute Gasteiger partial charge is 0.419 e. The molecule has 0 unspecified atom stereocenters. The number of aromatic hydroxyl groups is 1. The first-order chi connectivity index (χ1) is 12.1. The van der Waals surface area contributed by atoms with Gasteiger partial charge in [-0.15, -0.1) is 0 Å². The molecule has 0 bridgehead atoms. The van der Waals surface area contributed by atoms with Gasteiger partial charge in [0, 0.05) is 30.7 Å². The van der Waals surface area contributed by atoms with E-state index in [1.54, 1.807) is 0 Å². The van der Waals surface area contributed by atoms with Crippen molar-refractivity contribution in [2.45, 2.75) is 31.9 Å². The van der Waals surface area contributed by atoms with Gasteiger partial charge in [0.25, 0.3) is 11.5 Å². The van der Waals surface area contributed by atoms with Crippen molar-refractivity contribution >= 4 is 11.9 Å². The van der Waals surface area contributed by atoms with Gasteiger partial charge >= 0.3 is 6.18 Å². The van der Waals surface area contributed by atoms with Crippen LogP contribution in [0.1, 0.15) is 46.4 Å². The lowest BCUT2D eigenvalue weighted by Gasteiger charge is -2.15. The zero-order chi connectivity index (χ0) is 19.2. The van der Waals surface area contributed by atoms with Gasteiger partial charge in [-0.05, 0) is 18.8 Å². The zero-order valence-corrected chi connectivity index (χ0v) is 13.9. The van der Waals surface area contributed by atoms with E-state index in [1.807, 2.05) is 6.92 Å². The van der Waals surface area contributed by atoms with E-state index >= 15 is 0 Å². The molecule has 1 amide bonds. The second-order valence-corrected chi connectivity index (χ2v) is 6.14. The number of halogens is 3. The highest BCUT2D eigenvalue weighted by Gasteiger charge is 2.33. The van der Waals surface area contributed by atoms with Gasteiger partial charge in [0.2, 0.25) is 5.95 Å². The molecule has 26 heavy (non-hydrogen) atoms. The van der Waals surface area contributed by atoms with Gasteiger partial charge in [0.15, 0.2) is 0 Å². The van der Waals surface area contributed by atoms with Crippen molar-refractivity contribution in [3.05, 3.63) is 45.1 Å². The number of carbonyl (C=O) groups is 1. The first-order valence-corrected chi connectivity index (χ1v) is 7.76. The molecule has 1 atom stereocenters. The van der Waals surface area contributed by atoms with E-state index in [0.717, 1.165) is 6.42 Å². The molecule has 2 aromatic rings. The van der Waals surface area contributed by atoms with Gasteiger partial charge in [0.1, 0.15) is 11.3 Å². The Balaban J connectivity index is 1.95. The highest BCUT2D eigenvalue weighted by atomic mass is 19.4. The molecule has 0 aromatic carbocycles. The van der Waals surface area contributed by atoms with Crippen molar-refractivity contribution in [1.29, 1.82) is 0 Å². The number of hydrogen-bond donors (Lipinski definition) is 2. The van der Waals surface area contributed by atoms with Crippen molar-refractivity contribution in [1.82, 2.24) is 14.5 Å². The van der Waals surface area contributed by atoms with E-state index in [1.165, 1.54) is 11.6 Å². The summed E-state index contributed by atoms with van der Waals surface area (Å²) in [5, 5.41) is 12.6. The lowest BCUT2D eigenvalue weighted by atomic mass is 10.0. The van der Waals surface area contributed by atoms with Crippen LogP contribution in [-0.4, -0.2) is 25.5 Å². The van der Waals surface area contributed by atoms with Gasteiger partial charge in [-0.25, -0.2) is 9.97 Å². The molecule has 0 fully saturated rings. The largest absolute Gasteiger partial charge is 0.507 e. The summed E-state index contributed by atoms with van der Waals surface area (Å²) < 4.78 is 38.9. The number of alkyl halides is 3. The Kier molecular flexibility index (Phi) is 4.21. The van der Waals surface area contributed by atoms with E-state index < -0.39 is 40.5 Å². The maximum atomic E-state index is 12.5. The second kappa shape index (κ2) is 6.11. The standard InChI is InChI=1S/C16H15F3N4O3/c1-7-3-4-9-10(7)12(24)11(14(26)23(9)2)13(25)22-15-20-5-8(6-21-15)16(17,18)19/h5-7,24H,3-4H2,1-2H3,(H,20,21,22,25)/t7-/m1/s1. The van der Waals surface area contributed by atoms with Crippen LogP contribution in [0.15, 0.2) is 17.2 Å². The van der Waals surface area contributed by atoms with E-state index in [-0.39, 0.29) is 5.92 Å². The first kappa shape index (κ1) is 17.9. The summed E-state index contributed by atoms with van der Waals surface area (Å²) in [7, 11) is 1.50. The van der Waals surface area contributed by atoms with Gasteiger partial charge in [0.05, 0.1) is 5.56 Å². The summed E-state index contributed by atoms with van der Waals surface area (Å²) in [5.41, 5.74) is -1.04. The minimum absolute atomic E-state index is 0.0225. The monoisotopic (exact) mass is 368 g/mol. The van der Waals surface area contributed by atoms with E-state index in [9.17, 15) is 27.9 Å². The Labute approximate surface area is 145 Å².